The molecule has 5 rings (SSSR count). The minimum Gasteiger partial charge on any atom is -0.495 e. The van der Waals surface area contributed by atoms with Gasteiger partial charge in [0.25, 0.3) is 5.91 Å². The Bertz CT molecular complexity index is 1180. The second-order valence-electron chi connectivity index (χ2n) is 11.5. The lowest BCUT2D eigenvalue weighted by Crippen LogP contribution is -2.52. The molecule has 1 N–H and O–H groups in total. The van der Waals surface area contributed by atoms with E-state index < -0.39 is 0 Å². The van der Waals surface area contributed by atoms with Crippen LogP contribution in [0.25, 0.3) is 10.9 Å². The van der Waals surface area contributed by atoms with Crippen molar-refractivity contribution in [2.24, 2.45) is 16.7 Å². The van der Waals surface area contributed by atoms with Gasteiger partial charge in [-0.25, -0.2) is 0 Å². The van der Waals surface area contributed by atoms with E-state index in [9.17, 15) is 10.1 Å². The van der Waals surface area contributed by atoms with Crippen LogP contribution in [0.15, 0.2) is 12.1 Å². The summed E-state index contributed by atoms with van der Waals surface area (Å²) in [7, 11) is 1.65. The number of benzene rings is 1. The molecule has 0 unspecified atom stereocenters. The van der Waals surface area contributed by atoms with Gasteiger partial charge in [0, 0.05) is 43.3 Å². The Balaban J connectivity index is 1.56. The van der Waals surface area contributed by atoms with Gasteiger partial charge in [-0.3, -0.25) is 9.69 Å². The molecule has 2 aliphatic carbocycles. The number of morpholine rings is 1. The molecule has 3 aliphatic rings. The maximum Gasteiger partial charge on any atom is 0.254 e. The molecule has 35 heavy (non-hydrogen) atoms. The van der Waals surface area contributed by atoms with E-state index in [2.05, 4.69) is 41.6 Å². The average molecular weight is 479 g/mol. The van der Waals surface area contributed by atoms with Crippen LogP contribution in [-0.4, -0.2) is 61.4 Å². The van der Waals surface area contributed by atoms with Crippen molar-refractivity contribution in [2.75, 3.05) is 40.0 Å². The highest BCUT2D eigenvalue weighted by Crippen LogP contribution is 2.62. The summed E-state index contributed by atoms with van der Waals surface area (Å²) in [4.78, 5) is 16.4. The molecule has 2 saturated carbocycles. The van der Waals surface area contributed by atoms with Crippen LogP contribution >= 0.6 is 0 Å². The Hall–Kier alpha value is -2.56. The van der Waals surface area contributed by atoms with Crippen molar-refractivity contribution in [3.8, 4) is 11.8 Å². The smallest absolute Gasteiger partial charge is 0.254 e. The predicted molar refractivity (Wildman–Crippen MR) is 136 cm³/mol. The lowest BCUT2D eigenvalue weighted by Gasteiger charge is -2.43. The normalized spacial score (nSPS) is 27.8. The molecule has 1 aromatic carbocycles. The van der Waals surface area contributed by atoms with Crippen LogP contribution in [0.2, 0.25) is 0 Å². The summed E-state index contributed by atoms with van der Waals surface area (Å²) in [5.41, 5.74) is 3.03. The van der Waals surface area contributed by atoms with Gasteiger partial charge in [-0.05, 0) is 55.1 Å². The summed E-state index contributed by atoms with van der Waals surface area (Å²) in [6.45, 7) is 13.8. The van der Waals surface area contributed by atoms with Gasteiger partial charge in [-0.2, -0.15) is 5.26 Å². The highest BCUT2D eigenvalue weighted by Gasteiger charge is 2.59. The molecule has 3 fully saturated rings. The Kier molecular flexibility index (Phi) is 6.09. The number of carbonyl (C=O) groups is 1. The summed E-state index contributed by atoms with van der Waals surface area (Å²) in [6, 6.07) is 6.06. The number of ether oxygens (including phenoxy) is 2. The molecule has 2 aromatic rings. The van der Waals surface area contributed by atoms with Gasteiger partial charge in [0.2, 0.25) is 0 Å². The molecular weight excluding hydrogens is 440 g/mol. The van der Waals surface area contributed by atoms with E-state index in [0.717, 1.165) is 57.0 Å². The van der Waals surface area contributed by atoms with Gasteiger partial charge >= 0.3 is 0 Å². The molecule has 0 radical (unpaired) electrons. The second-order valence-corrected chi connectivity index (χ2v) is 11.5. The zero-order chi connectivity index (χ0) is 25.0. The summed E-state index contributed by atoms with van der Waals surface area (Å²) >= 11 is 0. The number of nitrogens with one attached hydrogen (secondary N) is 1. The van der Waals surface area contributed by atoms with Gasteiger partial charge in [-0.1, -0.05) is 20.8 Å². The number of hydrogen-bond acceptors (Lipinski definition) is 5. The standard InChI is InChI=1S/C28H38N4O3/c1-18-22(25(33)30-26-27(2,3)20-8-9-28(26,4)16-20)23-19(17-29)6-7-21(34-5)24(23)32(18)11-10-31-12-14-35-15-13-31/h6-7,20,26H,8-16H2,1-5H3,(H,30,33)/t20-,26-,28+/m1/s1. The Morgan fingerprint density at radius 3 is 2.63 bits per heavy atom. The molecule has 2 heterocycles. The monoisotopic (exact) mass is 478 g/mol. The summed E-state index contributed by atoms with van der Waals surface area (Å²) in [6.07, 6.45) is 3.57. The lowest BCUT2D eigenvalue weighted by atomic mass is 9.68. The molecule has 188 valence electrons. The average Bonchev–Trinajstić information content (AvgIpc) is 3.44. The number of nitriles is 1. The highest BCUT2D eigenvalue weighted by molar-refractivity contribution is 6.11. The lowest BCUT2D eigenvalue weighted by molar-refractivity contribution is 0.0365. The zero-order valence-electron chi connectivity index (χ0n) is 21.7. The van der Waals surface area contributed by atoms with Crippen LogP contribution in [0.3, 0.4) is 0 Å². The number of hydrogen-bond donors (Lipinski definition) is 1. The predicted octanol–water partition coefficient (Wildman–Crippen LogP) is 4.11. The van der Waals surface area contributed by atoms with Crippen LogP contribution in [0, 0.1) is 35.0 Å². The quantitative estimate of drug-likeness (QED) is 0.676. The van der Waals surface area contributed by atoms with Crippen LogP contribution in [-0.2, 0) is 11.3 Å². The maximum atomic E-state index is 14.0. The fourth-order valence-electron chi connectivity index (χ4n) is 7.32. The van der Waals surface area contributed by atoms with Crippen LogP contribution in [0.5, 0.6) is 5.75 Å². The fraction of sp³-hybridized carbons (Fsp3) is 0.643. The first kappa shape index (κ1) is 24.1. The molecule has 0 spiro atoms. The molecule has 1 amide bonds. The van der Waals surface area contributed by atoms with Gasteiger partial charge in [-0.15, -0.1) is 0 Å². The van der Waals surface area contributed by atoms with E-state index in [4.69, 9.17) is 9.47 Å². The van der Waals surface area contributed by atoms with Crippen molar-refractivity contribution >= 4 is 16.8 Å². The number of nitrogens with zero attached hydrogens (tertiary/aromatic N) is 3. The SMILES string of the molecule is COc1ccc(C#N)c2c(C(=O)N[C@@H]3C(C)(C)[C@@H]4CC[C@@]3(C)C4)c(C)n(CCN3CCOCC3)c12. The maximum absolute atomic E-state index is 14.0. The van der Waals surface area contributed by atoms with E-state index in [1.54, 1.807) is 13.2 Å². The van der Waals surface area contributed by atoms with Crippen molar-refractivity contribution in [3.05, 3.63) is 29.0 Å². The van der Waals surface area contributed by atoms with Crippen molar-refractivity contribution < 1.29 is 14.3 Å². The molecule has 3 atom stereocenters. The fourth-order valence-corrected chi connectivity index (χ4v) is 7.32. The van der Waals surface area contributed by atoms with Gasteiger partial charge in [0.15, 0.2) is 0 Å². The number of fused-ring (bicyclic) bond motifs is 3. The molecule has 7 heteroatoms. The van der Waals surface area contributed by atoms with E-state index in [1.165, 1.54) is 12.8 Å². The number of carbonyl (C=O) groups excluding carboxylic acids is 1. The molecule has 1 aromatic heterocycles. The summed E-state index contributed by atoms with van der Waals surface area (Å²) in [5, 5.41) is 14.2. The molecule has 1 aliphatic heterocycles. The van der Waals surface area contributed by atoms with E-state index in [-0.39, 0.29) is 22.8 Å². The van der Waals surface area contributed by atoms with E-state index in [0.29, 0.717) is 28.2 Å². The van der Waals surface area contributed by atoms with Gasteiger partial charge in [0.05, 0.1) is 43.0 Å². The Morgan fingerprint density at radius 2 is 2.00 bits per heavy atom. The number of rotatable bonds is 6. The minimum absolute atomic E-state index is 0.0566. The summed E-state index contributed by atoms with van der Waals surface area (Å²) in [5.74, 6) is 1.26. The molecular formula is C28H38N4O3. The Morgan fingerprint density at radius 1 is 1.26 bits per heavy atom. The third kappa shape index (κ3) is 3.82. The molecule has 2 bridgehead atoms. The highest BCUT2D eigenvalue weighted by atomic mass is 16.5. The van der Waals surface area contributed by atoms with Crippen molar-refractivity contribution in [2.45, 2.75) is 59.5 Å². The number of aromatic nitrogens is 1. The first-order valence-electron chi connectivity index (χ1n) is 12.9. The molecule has 7 nitrogen and oxygen atoms in total. The van der Waals surface area contributed by atoms with Crippen LogP contribution in [0.4, 0.5) is 0 Å². The second kappa shape index (κ2) is 8.83. The third-order valence-electron chi connectivity index (χ3n) is 9.28. The zero-order valence-corrected chi connectivity index (χ0v) is 21.7. The van der Waals surface area contributed by atoms with Crippen molar-refractivity contribution in [1.82, 2.24) is 14.8 Å². The van der Waals surface area contributed by atoms with Crippen LogP contribution < -0.4 is 10.1 Å². The Labute approximate surface area is 208 Å². The van der Waals surface area contributed by atoms with E-state index in [1.807, 2.05) is 13.0 Å². The van der Waals surface area contributed by atoms with E-state index >= 15 is 0 Å². The third-order valence-corrected chi connectivity index (χ3v) is 9.28. The minimum atomic E-state index is -0.0748. The van der Waals surface area contributed by atoms with Crippen molar-refractivity contribution in [1.29, 1.82) is 5.26 Å². The first-order valence-corrected chi connectivity index (χ1v) is 12.9. The first-order chi connectivity index (χ1) is 16.7. The van der Waals surface area contributed by atoms with Crippen molar-refractivity contribution in [3.63, 3.8) is 0 Å². The summed E-state index contributed by atoms with van der Waals surface area (Å²) < 4.78 is 13.4. The largest absolute Gasteiger partial charge is 0.495 e. The van der Waals surface area contributed by atoms with Gasteiger partial charge < -0.3 is 19.4 Å². The topological polar surface area (TPSA) is 79.5 Å². The van der Waals surface area contributed by atoms with Crippen LogP contribution in [0.1, 0.15) is 61.6 Å². The van der Waals surface area contributed by atoms with Gasteiger partial charge in [0.1, 0.15) is 5.75 Å². The number of methoxy groups -OCH3 is 1. The number of amides is 1. The molecule has 1 saturated heterocycles.